The Morgan fingerprint density at radius 1 is 1.43 bits per heavy atom. The zero-order valence-corrected chi connectivity index (χ0v) is 12.0. The number of likely N-dealkylation sites (tertiary alicyclic amines) is 1. The highest BCUT2D eigenvalue weighted by Gasteiger charge is 2.58. The minimum Gasteiger partial charge on any atom is -0.394 e. The molecule has 1 aromatic rings. The average Bonchev–Trinajstić information content (AvgIpc) is 2.47. The normalized spacial score (nSPS) is 23.2. The van der Waals surface area contributed by atoms with E-state index < -0.39 is 33.3 Å². The molecule has 0 aromatic heterocycles. The highest BCUT2D eigenvalue weighted by atomic mass is 32.2. The second-order valence-electron chi connectivity index (χ2n) is 4.81. The molecule has 8 heteroatoms. The van der Waals surface area contributed by atoms with E-state index in [1.54, 1.807) is 6.07 Å². The van der Waals surface area contributed by atoms with Gasteiger partial charge in [0.2, 0.25) is 20.6 Å². The van der Waals surface area contributed by atoms with E-state index in [-0.39, 0.29) is 24.1 Å². The Kier molecular flexibility index (Phi) is 4.13. The zero-order valence-electron chi connectivity index (χ0n) is 11.2. The van der Waals surface area contributed by atoms with Crippen LogP contribution in [-0.2, 0) is 19.4 Å². The summed E-state index contributed by atoms with van der Waals surface area (Å²) in [6, 6.07) is 6.22. The predicted molar refractivity (Wildman–Crippen MR) is 73.8 cm³/mol. The third kappa shape index (κ3) is 2.25. The molecule has 1 saturated heterocycles. The van der Waals surface area contributed by atoms with Gasteiger partial charge in [0.1, 0.15) is 6.04 Å². The van der Waals surface area contributed by atoms with Crippen LogP contribution >= 0.6 is 0 Å². The molecule has 0 aliphatic carbocycles. The Balaban J connectivity index is 2.44. The van der Waals surface area contributed by atoms with Gasteiger partial charge in [-0.3, -0.25) is 9.59 Å². The van der Waals surface area contributed by atoms with Gasteiger partial charge in [-0.25, -0.2) is 8.42 Å². The summed E-state index contributed by atoms with van der Waals surface area (Å²) in [5.41, 5.74) is 5.43. The topological polar surface area (TPSA) is 118 Å². The molecular formula is C13H16N2O5S. The predicted octanol–water partition coefficient (Wildman–Crippen LogP) is -1.09. The zero-order chi connectivity index (χ0) is 15.7. The quantitative estimate of drug-likeness (QED) is 0.667. The second kappa shape index (κ2) is 5.55. The molecule has 0 saturated carbocycles. The Morgan fingerprint density at radius 3 is 2.48 bits per heavy atom. The number of benzene rings is 1. The number of aliphatic hydroxyl groups excluding tert-OH is 1. The molecule has 0 bridgehead atoms. The maximum Gasteiger partial charge on any atom is 0.243 e. The first-order valence-corrected chi connectivity index (χ1v) is 7.83. The molecule has 1 aromatic carbocycles. The number of hydrogen-bond donors (Lipinski definition) is 2. The van der Waals surface area contributed by atoms with Crippen LogP contribution in [0.5, 0.6) is 0 Å². The minimum absolute atomic E-state index is 0.0115. The molecule has 1 aliphatic rings. The van der Waals surface area contributed by atoms with E-state index in [4.69, 9.17) is 10.8 Å². The van der Waals surface area contributed by atoms with Crippen LogP contribution in [0.25, 0.3) is 0 Å². The summed E-state index contributed by atoms with van der Waals surface area (Å²) in [5.74, 6) is -0.754. The molecule has 1 amide bonds. The molecule has 0 spiro atoms. The summed E-state index contributed by atoms with van der Waals surface area (Å²) >= 11 is 0. The number of rotatable bonds is 5. The first kappa shape index (κ1) is 15.6. The number of carbonyl (C=O) groups excluding carboxylic acids is 2. The SMILES string of the molecule is N[C@H](CO)C(=O)N1CCC1(C=O)S(=O)(=O)c1ccccc1. The van der Waals surface area contributed by atoms with E-state index in [1.807, 2.05) is 0 Å². The number of hydrogen-bond acceptors (Lipinski definition) is 6. The van der Waals surface area contributed by atoms with Gasteiger partial charge < -0.3 is 15.7 Å². The van der Waals surface area contributed by atoms with Gasteiger partial charge in [0, 0.05) is 13.0 Å². The van der Waals surface area contributed by atoms with E-state index >= 15 is 0 Å². The third-order valence-electron chi connectivity index (χ3n) is 3.63. The monoisotopic (exact) mass is 312 g/mol. The molecule has 114 valence electrons. The number of nitrogens with two attached hydrogens (primary N) is 1. The van der Waals surface area contributed by atoms with E-state index in [0.29, 0.717) is 0 Å². The Hall–Kier alpha value is -1.77. The molecule has 1 heterocycles. The fourth-order valence-corrected chi connectivity index (χ4v) is 4.17. The minimum atomic E-state index is -4.05. The molecule has 1 unspecified atom stereocenters. The van der Waals surface area contributed by atoms with Crippen molar-refractivity contribution in [3.8, 4) is 0 Å². The van der Waals surface area contributed by atoms with E-state index in [0.717, 1.165) is 4.90 Å². The average molecular weight is 312 g/mol. The lowest BCUT2D eigenvalue weighted by molar-refractivity contribution is -0.147. The maximum absolute atomic E-state index is 12.7. The van der Waals surface area contributed by atoms with Gasteiger partial charge in [0.15, 0.2) is 6.29 Å². The van der Waals surface area contributed by atoms with E-state index in [2.05, 4.69) is 0 Å². The Morgan fingerprint density at radius 2 is 2.05 bits per heavy atom. The summed E-state index contributed by atoms with van der Waals surface area (Å²) < 4.78 is 25.3. The van der Waals surface area contributed by atoms with Crippen molar-refractivity contribution >= 4 is 22.0 Å². The van der Waals surface area contributed by atoms with E-state index in [1.165, 1.54) is 24.3 Å². The maximum atomic E-state index is 12.7. The molecule has 1 fully saturated rings. The molecule has 2 rings (SSSR count). The summed E-state index contributed by atoms with van der Waals surface area (Å²) in [5, 5.41) is 8.93. The molecular weight excluding hydrogens is 296 g/mol. The van der Waals surface area contributed by atoms with Crippen molar-refractivity contribution in [3.05, 3.63) is 30.3 Å². The summed E-state index contributed by atoms with van der Waals surface area (Å²) in [7, 11) is -4.05. The van der Waals surface area contributed by atoms with Gasteiger partial charge in [-0.1, -0.05) is 18.2 Å². The van der Waals surface area contributed by atoms with Gasteiger partial charge in [-0.2, -0.15) is 0 Å². The molecule has 7 nitrogen and oxygen atoms in total. The lowest BCUT2D eigenvalue weighted by Crippen LogP contribution is -2.69. The van der Waals surface area contributed by atoms with Crippen molar-refractivity contribution in [2.75, 3.05) is 13.2 Å². The number of aldehydes is 1. The third-order valence-corrected chi connectivity index (χ3v) is 5.98. The standard InChI is InChI=1S/C13H16N2O5S/c14-11(8-16)12(18)15-7-6-13(15,9-17)21(19,20)10-4-2-1-3-5-10/h1-5,9,11,16H,6-8,14H2/t11-,13?/m1/s1. The van der Waals surface area contributed by atoms with Gasteiger partial charge in [-0.15, -0.1) is 0 Å². The van der Waals surface area contributed by atoms with Crippen molar-refractivity contribution in [3.63, 3.8) is 0 Å². The van der Waals surface area contributed by atoms with Crippen molar-refractivity contribution in [1.29, 1.82) is 0 Å². The molecule has 2 atom stereocenters. The molecule has 3 N–H and O–H groups in total. The second-order valence-corrected chi connectivity index (χ2v) is 6.99. The van der Waals surface area contributed by atoms with Gasteiger partial charge >= 0.3 is 0 Å². The number of carbonyl (C=O) groups is 2. The van der Waals surface area contributed by atoms with E-state index in [9.17, 15) is 18.0 Å². The lowest BCUT2D eigenvalue weighted by atomic mass is 10.0. The Bertz CT molecular complexity index is 646. The summed E-state index contributed by atoms with van der Waals surface area (Å²) in [4.78, 5) is 22.5. The summed E-state index contributed by atoms with van der Waals surface area (Å²) in [6.45, 7) is -0.507. The van der Waals surface area contributed by atoms with Gasteiger partial charge in [0.05, 0.1) is 11.5 Å². The largest absolute Gasteiger partial charge is 0.394 e. The molecule has 1 aliphatic heterocycles. The van der Waals surface area contributed by atoms with Crippen molar-refractivity contribution in [1.82, 2.24) is 4.90 Å². The first-order chi connectivity index (χ1) is 9.90. The van der Waals surface area contributed by atoms with Gasteiger partial charge in [0.25, 0.3) is 0 Å². The lowest BCUT2D eigenvalue weighted by Gasteiger charge is -2.48. The molecule has 21 heavy (non-hydrogen) atoms. The van der Waals surface area contributed by atoms with Gasteiger partial charge in [-0.05, 0) is 12.1 Å². The van der Waals surface area contributed by atoms with Crippen LogP contribution in [0.15, 0.2) is 35.2 Å². The van der Waals surface area contributed by atoms with Crippen LogP contribution in [0.3, 0.4) is 0 Å². The fraction of sp³-hybridized carbons (Fsp3) is 0.385. The fourth-order valence-electron chi connectivity index (χ4n) is 2.29. The molecule has 0 radical (unpaired) electrons. The smallest absolute Gasteiger partial charge is 0.243 e. The first-order valence-electron chi connectivity index (χ1n) is 6.34. The van der Waals surface area contributed by atoms with Crippen LogP contribution < -0.4 is 5.73 Å². The van der Waals surface area contributed by atoms with Crippen LogP contribution in [-0.4, -0.2) is 54.7 Å². The van der Waals surface area contributed by atoms with Crippen LogP contribution in [0.2, 0.25) is 0 Å². The Labute approximate surface area is 122 Å². The van der Waals surface area contributed by atoms with Crippen LogP contribution in [0.4, 0.5) is 0 Å². The number of amides is 1. The van der Waals surface area contributed by atoms with Crippen LogP contribution in [0, 0.1) is 0 Å². The highest BCUT2D eigenvalue weighted by molar-refractivity contribution is 7.93. The van der Waals surface area contributed by atoms with Crippen molar-refractivity contribution in [2.45, 2.75) is 22.2 Å². The van der Waals surface area contributed by atoms with Crippen molar-refractivity contribution in [2.24, 2.45) is 5.73 Å². The summed E-state index contributed by atoms with van der Waals surface area (Å²) in [6.07, 6.45) is 0.276. The van der Waals surface area contributed by atoms with Crippen molar-refractivity contribution < 1.29 is 23.1 Å². The number of aliphatic hydroxyl groups is 1. The number of sulfone groups is 1. The van der Waals surface area contributed by atoms with Crippen LogP contribution in [0.1, 0.15) is 6.42 Å². The number of nitrogens with zero attached hydrogens (tertiary/aromatic N) is 1. The highest BCUT2D eigenvalue weighted by Crippen LogP contribution is 2.38.